The van der Waals surface area contributed by atoms with Gasteiger partial charge in [0.25, 0.3) is 0 Å². The topological polar surface area (TPSA) is 30.3 Å². The highest BCUT2D eigenvalue weighted by molar-refractivity contribution is 6.31. The van der Waals surface area contributed by atoms with Crippen LogP contribution in [0, 0.1) is 6.92 Å². The molecule has 0 N–H and O–H groups in total. The molecule has 0 bridgehead atoms. The molecule has 1 saturated heterocycles. The fourth-order valence-electron chi connectivity index (χ4n) is 3.95. The van der Waals surface area contributed by atoms with E-state index in [-0.39, 0.29) is 0 Å². The molecule has 1 aromatic heterocycles. The molecule has 0 unspecified atom stereocenters. The standard InChI is InChI=1S/C23H28ClN3O/c1-18-16-19(10-11-20(18)24)28-15-14-27-22-9-5-4-8-21(22)25-23(27)17-26-12-6-2-3-7-13-26/h4-5,8-11,16H,2-3,6-7,12-15,17H2,1H3. The zero-order valence-corrected chi connectivity index (χ0v) is 17.3. The highest BCUT2D eigenvalue weighted by Crippen LogP contribution is 2.22. The Morgan fingerprint density at radius 1 is 1.04 bits per heavy atom. The predicted molar refractivity (Wildman–Crippen MR) is 115 cm³/mol. The summed E-state index contributed by atoms with van der Waals surface area (Å²) in [5.74, 6) is 2.00. The van der Waals surface area contributed by atoms with Crippen LogP contribution in [0.1, 0.15) is 37.1 Å². The molecule has 0 aliphatic carbocycles. The highest BCUT2D eigenvalue weighted by Gasteiger charge is 2.15. The van der Waals surface area contributed by atoms with Gasteiger partial charge in [-0.25, -0.2) is 4.98 Å². The molecular formula is C23H28ClN3O. The summed E-state index contributed by atoms with van der Waals surface area (Å²) in [6.45, 7) is 6.64. The van der Waals surface area contributed by atoms with Crippen molar-refractivity contribution in [2.75, 3.05) is 19.7 Å². The zero-order chi connectivity index (χ0) is 19.3. The van der Waals surface area contributed by atoms with Gasteiger partial charge in [0.1, 0.15) is 18.2 Å². The van der Waals surface area contributed by atoms with Crippen molar-refractivity contribution in [3.63, 3.8) is 0 Å². The molecule has 3 aromatic rings. The summed E-state index contributed by atoms with van der Waals surface area (Å²) in [4.78, 5) is 7.49. The largest absolute Gasteiger partial charge is 0.492 e. The second-order valence-corrected chi connectivity index (χ2v) is 8.03. The summed E-state index contributed by atoms with van der Waals surface area (Å²) in [7, 11) is 0. The first-order valence-electron chi connectivity index (χ1n) is 10.3. The second-order valence-electron chi connectivity index (χ2n) is 7.62. The van der Waals surface area contributed by atoms with Crippen LogP contribution < -0.4 is 4.74 Å². The van der Waals surface area contributed by atoms with Crippen molar-refractivity contribution >= 4 is 22.6 Å². The minimum Gasteiger partial charge on any atom is -0.492 e. The number of benzene rings is 2. The van der Waals surface area contributed by atoms with Crippen molar-refractivity contribution in [3.8, 4) is 5.75 Å². The summed E-state index contributed by atoms with van der Waals surface area (Å²) >= 11 is 6.11. The van der Waals surface area contributed by atoms with E-state index < -0.39 is 0 Å². The molecule has 5 heteroatoms. The van der Waals surface area contributed by atoms with Crippen LogP contribution in [0.4, 0.5) is 0 Å². The van der Waals surface area contributed by atoms with Gasteiger partial charge in [-0.1, -0.05) is 36.6 Å². The summed E-state index contributed by atoms with van der Waals surface area (Å²) in [6, 6.07) is 14.2. The van der Waals surface area contributed by atoms with Crippen molar-refractivity contribution in [1.29, 1.82) is 0 Å². The summed E-state index contributed by atoms with van der Waals surface area (Å²) in [5, 5.41) is 0.771. The predicted octanol–water partition coefficient (Wildman–Crippen LogP) is 5.45. The van der Waals surface area contributed by atoms with Crippen LogP contribution in [0.15, 0.2) is 42.5 Å². The number of halogens is 1. The third kappa shape index (κ3) is 4.50. The third-order valence-corrected chi connectivity index (χ3v) is 5.93. The Morgan fingerprint density at radius 2 is 1.82 bits per heavy atom. The van der Waals surface area contributed by atoms with Crippen LogP contribution >= 0.6 is 11.6 Å². The number of hydrogen-bond acceptors (Lipinski definition) is 3. The fraction of sp³-hybridized carbons (Fsp3) is 0.435. The molecule has 1 fully saturated rings. The van der Waals surface area contributed by atoms with Crippen molar-refractivity contribution in [2.45, 2.75) is 45.7 Å². The van der Waals surface area contributed by atoms with Crippen LogP contribution in [-0.4, -0.2) is 34.1 Å². The molecule has 0 radical (unpaired) electrons. The van der Waals surface area contributed by atoms with Gasteiger partial charge in [0.15, 0.2) is 0 Å². The Hall–Kier alpha value is -2.04. The minimum atomic E-state index is 0.606. The van der Waals surface area contributed by atoms with Crippen LogP contribution in [0.3, 0.4) is 0 Å². The summed E-state index contributed by atoms with van der Waals surface area (Å²) < 4.78 is 8.33. The number of aromatic nitrogens is 2. The lowest BCUT2D eigenvalue weighted by atomic mass is 10.2. The minimum absolute atomic E-state index is 0.606. The van der Waals surface area contributed by atoms with E-state index in [1.807, 2.05) is 25.1 Å². The Bertz CT molecular complexity index is 929. The maximum absolute atomic E-state index is 6.11. The SMILES string of the molecule is Cc1cc(OCCn2c(CN3CCCCCC3)nc3ccccc32)ccc1Cl. The van der Waals surface area contributed by atoms with Crippen molar-refractivity contribution < 1.29 is 4.74 Å². The molecule has 28 heavy (non-hydrogen) atoms. The van der Waals surface area contributed by atoms with E-state index in [2.05, 4.69) is 33.7 Å². The van der Waals surface area contributed by atoms with E-state index in [0.717, 1.165) is 40.8 Å². The van der Waals surface area contributed by atoms with E-state index in [0.29, 0.717) is 6.61 Å². The Morgan fingerprint density at radius 3 is 2.61 bits per heavy atom. The van der Waals surface area contributed by atoms with Crippen molar-refractivity contribution in [2.24, 2.45) is 0 Å². The van der Waals surface area contributed by atoms with E-state index in [1.54, 1.807) is 0 Å². The maximum atomic E-state index is 6.11. The van der Waals surface area contributed by atoms with E-state index in [4.69, 9.17) is 21.3 Å². The van der Waals surface area contributed by atoms with Gasteiger partial charge in [-0.2, -0.15) is 0 Å². The Kier molecular flexibility index (Phi) is 6.18. The van der Waals surface area contributed by atoms with Gasteiger partial charge < -0.3 is 9.30 Å². The molecule has 0 spiro atoms. The van der Waals surface area contributed by atoms with Crippen molar-refractivity contribution in [3.05, 3.63) is 58.9 Å². The summed E-state index contributed by atoms with van der Waals surface area (Å²) in [6.07, 6.45) is 5.28. The number of rotatable bonds is 6. The first-order valence-corrected chi connectivity index (χ1v) is 10.6. The highest BCUT2D eigenvalue weighted by atomic mass is 35.5. The van der Waals surface area contributed by atoms with E-state index in [9.17, 15) is 0 Å². The Balaban J connectivity index is 1.50. The molecule has 1 aliphatic rings. The number of likely N-dealkylation sites (tertiary alicyclic amines) is 1. The number of hydrogen-bond donors (Lipinski definition) is 0. The van der Waals surface area contributed by atoms with Gasteiger partial charge in [0.05, 0.1) is 24.1 Å². The lowest BCUT2D eigenvalue weighted by Gasteiger charge is -2.20. The maximum Gasteiger partial charge on any atom is 0.124 e. The van der Waals surface area contributed by atoms with Crippen molar-refractivity contribution in [1.82, 2.24) is 14.5 Å². The second kappa shape index (κ2) is 8.97. The van der Waals surface area contributed by atoms with Gasteiger partial charge in [-0.15, -0.1) is 0 Å². The van der Waals surface area contributed by atoms with Gasteiger partial charge >= 0.3 is 0 Å². The first kappa shape index (κ1) is 19.3. The van der Waals surface area contributed by atoms with Gasteiger partial charge in [-0.05, 0) is 68.8 Å². The number of aryl methyl sites for hydroxylation is 1. The molecule has 0 atom stereocenters. The smallest absolute Gasteiger partial charge is 0.124 e. The van der Waals surface area contributed by atoms with Gasteiger partial charge in [-0.3, -0.25) is 4.90 Å². The molecule has 148 valence electrons. The fourth-order valence-corrected chi connectivity index (χ4v) is 4.07. The van der Waals surface area contributed by atoms with Crippen LogP contribution in [0.25, 0.3) is 11.0 Å². The van der Waals surface area contributed by atoms with Crippen LogP contribution in [0.5, 0.6) is 5.75 Å². The van der Waals surface area contributed by atoms with Gasteiger partial charge in [0, 0.05) is 5.02 Å². The van der Waals surface area contributed by atoms with E-state index in [1.165, 1.54) is 44.3 Å². The molecule has 0 saturated carbocycles. The lowest BCUT2D eigenvalue weighted by Crippen LogP contribution is -2.26. The molecule has 4 rings (SSSR count). The molecule has 2 heterocycles. The monoisotopic (exact) mass is 397 g/mol. The quantitative estimate of drug-likeness (QED) is 0.553. The average Bonchev–Trinajstić information content (AvgIpc) is 2.85. The molecule has 1 aliphatic heterocycles. The number of imidazole rings is 1. The zero-order valence-electron chi connectivity index (χ0n) is 16.5. The van der Waals surface area contributed by atoms with Crippen LogP contribution in [-0.2, 0) is 13.1 Å². The van der Waals surface area contributed by atoms with Gasteiger partial charge in [0.2, 0.25) is 0 Å². The van der Waals surface area contributed by atoms with Crippen LogP contribution in [0.2, 0.25) is 5.02 Å². The first-order chi connectivity index (χ1) is 13.7. The third-order valence-electron chi connectivity index (χ3n) is 5.51. The summed E-state index contributed by atoms with van der Waals surface area (Å²) in [5.41, 5.74) is 3.28. The van der Waals surface area contributed by atoms with E-state index >= 15 is 0 Å². The number of fused-ring (bicyclic) bond motifs is 1. The molecule has 0 amide bonds. The Labute approximate surface area is 172 Å². The molecule has 4 nitrogen and oxygen atoms in total. The number of para-hydroxylation sites is 2. The molecule has 2 aromatic carbocycles. The molecular weight excluding hydrogens is 370 g/mol. The average molecular weight is 398 g/mol. The number of ether oxygens (including phenoxy) is 1. The number of nitrogens with zero attached hydrogens (tertiary/aromatic N) is 3. The lowest BCUT2D eigenvalue weighted by molar-refractivity contribution is 0.258. The normalized spacial score (nSPS) is 15.6.